The molecule has 0 radical (unpaired) electrons. The highest BCUT2D eigenvalue weighted by Crippen LogP contribution is 2.26. The number of hydrazone groups is 1. The Morgan fingerprint density at radius 3 is 3.00 bits per heavy atom. The molecule has 1 amide bonds. The van der Waals surface area contributed by atoms with Gasteiger partial charge >= 0.3 is 0 Å². The van der Waals surface area contributed by atoms with Gasteiger partial charge in [-0.25, -0.2) is 5.01 Å². The number of thioether (sulfide) groups is 1. The highest BCUT2D eigenvalue weighted by molar-refractivity contribution is 8.01. The third-order valence-corrected chi connectivity index (χ3v) is 5.32. The number of hydrogen-bond acceptors (Lipinski definition) is 7. The van der Waals surface area contributed by atoms with Crippen molar-refractivity contribution in [1.29, 1.82) is 0 Å². The Kier molecular flexibility index (Phi) is 5.60. The predicted molar refractivity (Wildman–Crippen MR) is 98.6 cm³/mol. The Morgan fingerprint density at radius 2 is 2.21 bits per heavy atom. The lowest BCUT2D eigenvalue weighted by Crippen LogP contribution is -2.25. The van der Waals surface area contributed by atoms with E-state index in [4.69, 9.17) is 0 Å². The highest BCUT2D eigenvalue weighted by atomic mass is 32.2. The SMILES string of the molecule is C=CCNc1nnc(SCC(=O)N2CCC(c3ccccc3)=N2)s1. The summed E-state index contributed by atoms with van der Waals surface area (Å²) >= 11 is 2.82. The van der Waals surface area contributed by atoms with Crippen molar-refractivity contribution in [2.24, 2.45) is 5.10 Å². The maximum absolute atomic E-state index is 12.3. The fourth-order valence-corrected chi connectivity index (χ4v) is 3.80. The van der Waals surface area contributed by atoms with Crippen molar-refractivity contribution in [3.63, 3.8) is 0 Å². The minimum absolute atomic E-state index is 0.0123. The van der Waals surface area contributed by atoms with Gasteiger partial charge in [-0.3, -0.25) is 4.79 Å². The standard InChI is InChI=1S/C16H17N5OS2/c1-2-9-17-15-18-19-16(24-15)23-11-14(22)21-10-8-13(20-21)12-6-4-3-5-7-12/h2-7H,1,8-11H2,(H,17,18). The van der Waals surface area contributed by atoms with Gasteiger partial charge in [-0.05, 0) is 5.56 Å². The van der Waals surface area contributed by atoms with Gasteiger partial charge < -0.3 is 5.32 Å². The van der Waals surface area contributed by atoms with Gasteiger partial charge in [0, 0.05) is 13.0 Å². The van der Waals surface area contributed by atoms with E-state index in [1.807, 2.05) is 30.3 Å². The van der Waals surface area contributed by atoms with E-state index in [2.05, 4.69) is 27.2 Å². The molecule has 2 aromatic rings. The molecule has 0 unspecified atom stereocenters. The van der Waals surface area contributed by atoms with Gasteiger partial charge in [0.1, 0.15) is 0 Å². The average Bonchev–Trinajstić information content (AvgIpc) is 3.28. The lowest BCUT2D eigenvalue weighted by atomic mass is 10.1. The maximum atomic E-state index is 12.3. The fourth-order valence-electron chi connectivity index (χ4n) is 2.17. The number of carbonyl (C=O) groups is 1. The third-order valence-electron chi connectivity index (χ3n) is 3.32. The van der Waals surface area contributed by atoms with Crippen LogP contribution in [0.25, 0.3) is 0 Å². The fraction of sp³-hybridized carbons (Fsp3) is 0.250. The van der Waals surface area contributed by atoms with Gasteiger partial charge in [-0.1, -0.05) is 59.5 Å². The largest absolute Gasteiger partial charge is 0.357 e. The Labute approximate surface area is 148 Å². The summed E-state index contributed by atoms with van der Waals surface area (Å²) in [7, 11) is 0. The Morgan fingerprint density at radius 1 is 1.38 bits per heavy atom. The van der Waals surface area contributed by atoms with Crippen LogP contribution in [0.15, 0.2) is 52.4 Å². The van der Waals surface area contributed by atoms with Crippen LogP contribution in [0, 0.1) is 0 Å². The van der Waals surface area contributed by atoms with Crippen LogP contribution < -0.4 is 5.32 Å². The summed E-state index contributed by atoms with van der Waals surface area (Å²) in [5.74, 6) is 0.295. The Bertz CT molecular complexity index is 744. The molecule has 1 aliphatic rings. The zero-order valence-electron chi connectivity index (χ0n) is 13.0. The van der Waals surface area contributed by atoms with Crippen LogP contribution >= 0.6 is 23.1 Å². The lowest BCUT2D eigenvalue weighted by Gasteiger charge is -2.09. The molecule has 24 heavy (non-hydrogen) atoms. The summed E-state index contributed by atoms with van der Waals surface area (Å²) < 4.78 is 0.765. The van der Waals surface area contributed by atoms with Crippen molar-refractivity contribution in [2.45, 2.75) is 10.8 Å². The average molecular weight is 359 g/mol. The van der Waals surface area contributed by atoms with Gasteiger partial charge in [0.15, 0.2) is 4.34 Å². The van der Waals surface area contributed by atoms with Crippen molar-refractivity contribution in [3.05, 3.63) is 48.6 Å². The van der Waals surface area contributed by atoms with Crippen molar-refractivity contribution in [2.75, 3.05) is 24.2 Å². The minimum atomic E-state index is -0.0123. The first kappa shape index (κ1) is 16.7. The quantitative estimate of drug-likeness (QED) is 0.608. The molecule has 1 N–H and O–H groups in total. The molecule has 0 aliphatic carbocycles. The molecule has 6 nitrogen and oxygen atoms in total. The second-order valence-corrected chi connectivity index (χ2v) is 7.21. The second-order valence-electron chi connectivity index (χ2n) is 5.01. The highest BCUT2D eigenvalue weighted by Gasteiger charge is 2.21. The smallest absolute Gasteiger partial charge is 0.253 e. The van der Waals surface area contributed by atoms with Gasteiger partial charge in [0.2, 0.25) is 5.13 Å². The molecule has 0 spiro atoms. The van der Waals surface area contributed by atoms with E-state index in [9.17, 15) is 4.79 Å². The van der Waals surface area contributed by atoms with Crippen LogP contribution in [0.5, 0.6) is 0 Å². The van der Waals surface area contributed by atoms with Crippen LogP contribution in [-0.2, 0) is 4.79 Å². The minimum Gasteiger partial charge on any atom is -0.357 e. The number of nitrogens with zero attached hydrogens (tertiary/aromatic N) is 4. The molecule has 3 rings (SSSR count). The van der Waals surface area contributed by atoms with Crippen molar-refractivity contribution < 1.29 is 4.79 Å². The first-order chi connectivity index (χ1) is 11.8. The van der Waals surface area contributed by atoms with E-state index < -0.39 is 0 Å². The van der Waals surface area contributed by atoms with Crippen LogP contribution in [-0.4, -0.2) is 45.7 Å². The predicted octanol–water partition coefficient (Wildman–Crippen LogP) is 2.86. The van der Waals surface area contributed by atoms with E-state index in [0.717, 1.165) is 27.2 Å². The number of amides is 1. The van der Waals surface area contributed by atoms with Crippen LogP contribution in [0.1, 0.15) is 12.0 Å². The molecule has 0 bridgehead atoms. The molecule has 2 heterocycles. The van der Waals surface area contributed by atoms with E-state index in [1.54, 1.807) is 11.1 Å². The molecule has 0 saturated carbocycles. The van der Waals surface area contributed by atoms with Crippen molar-refractivity contribution in [1.82, 2.24) is 15.2 Å². The van der Waals surface area contributed by atoms with Gasteiger partial charge in [0.05, 0.1) is 18.0 Å². The summed E-state index contributed by atoms with van der Waals surface area (Å²) in [5, 5.41) is 17.9. The number of benzene rings is 1. The summed E-state index contributed by atoms with van der Waals surface area (Å²) in [6.45, 7) is 4.91. The molecule has 8 heteroatoms. The molecule has 0 fully saturated rings. The normalized spacial score (nSPS) is 13.7. The van der Waals surface area contributed by atoms with Crippen LogP contribution in [0.3, 0.4) is 0 Å². The van der Waals surface area contributed by atoms with Gasteiger partial charge in [0.25, 0.3) is 5.91 Å². The second kappa shape index (κ2) is 8.07. The topological polar surface area (TPSA) is 70.5 Å². The summed E-state index contributed by atoms with van der Waals surface area (Å²) in [4.78, 5) is 12.3. The first-order valence-corrected chi connectivity index (χ1v) is 9.31. The number of aromatic nitrogens is 2. The number of hydrogen-bond donors (Lipinski definition) is 1. The van der Waals surface area contributed by atoms with Gasteiger partial charge in [-0.15, -0.1) is 16.8 Å². The molecule has 1 aromatic carbocycles. The summed E-state index contributed by atoms with van der Waals surface area (Å²) in [6.07, 6.45) is 2.54. The van der Waals surface area contributed by atoms with E-state index in [1.165, 1.54) is 23.1 Å². The molecule has 0 saturated heterocycles. The number of anilines is 1. The lowest BCUT2D eigenvalue weighted by molar-refractivity contribution is -0.127. The maximum Gasteiger partial charge on any atom is 0.253 e. The molecule has 124 valence electrons. The van der Waals surface area contributed by atoms with Gasteiger partial charge in [-0.2, -0.15) is 5.10 Å². The zero-order valence-corrected chi connectivity index (χ0v) is 14.6. The zero-order chi connectivity index (χ0) is 16.8. The van der Waals surface area contributed by atoms with Crippen molar-refractivity contribution in [3.8, 4) is 0 Å². The molecule has 0 atom stereocenters. The number of rotatable bonds is 7. The number of carbonyl (C=O) groups excluding carboxylic acids is 1. The first-order valence-electron chi connectivity index (χ1n) is 7.50. The van der Waals surface area contributed by atoms with Crippen molar-refractivity contribution >= 4 is 39.8 Å². The van der Waals surface area contributed by atoms with Crippen LogP contribution in [0.2, 0.25) is 0 Å². The summed E-state index contributed by atoms with van der Waals surface area (Å²) in [6, 6.07) is 9.96. The molecule has 1 aliphatic heterocycles. The van der Waals surface area contributed by atoms with E-state index >= 15 is 0 Å². The Balaban J connectivity index is 1.53. The van der Waals surface area contributed by atoms with Crippen LogP contribution in [0.4, 0.5) is 5.13 Å². The monoisotopic (exact) mass is 359 g/mol. The molecular formula is C16H17N5OS2. The Hall–Kier alpha value is -2.19. The van der Waals surface area contributed by atoms with E-state index in [-0.39, 0.29) is 5.91 Å². The number of nitrogens with one attached hydrogen (secondary N) is 1. The summed E-state index contributed by atoms with van der Waals surface area (Å²) in [5.41, 5.74) is 2.03. The molecule has 1 aromatic heterocycles. The third kappa shape index (κ3) is 4.21. The molecular weight excluding hydrogens is 342 g/mol. The van der Waals surface area contributed by atoms with E-state index in [0.29, 0.717) is 18.8 Å².